The summed E-state index contributed by atoms with van der Waals surface area (Å²) in [6.45, 7) is 0. The number of amides is 1. The number of nitrogens with two attached hydrogens (primary N) is 1. The van der Waals surface area contributed by atoms with Gasteiger partial charge in [-0.15, -0.1) is 0 Å². The Balaban J connectivity index is 1.90. The molecule has 1 amide bonds. The Kier molecular flexibility index (Phi) is 4.30. The van der Waals surface area contributed by atoms with Gasteiger partial charge in [0.1, 0.15) is 10.8 Å². The Morgan fingerprint density at radius 1 is 1.37 bits per heavy atom. The number of anilines is 2. The second kappa shape index (κ2) is 6.14. The van der Waals surface area contributed by atoms with E-state index in [0.717, 1.165) is 0 Å². The SMILES string of the molecule is Nc1nccnc1SCC(=O)Nc1cccc(F)c1. The molecular weight excluding hydrogens is 267 g/mol. The van der Waals surface area contributed by atoms with Crippen LogP contribution in [0.2, 0.25) is 0 Å². The molecule has 0 aliphatic heterocycles. The normalized spacial score (nSPS) is 10.2. The van der Waals surface area contributed by atoms with E-state index in [2.05, 4.69) is 15.3 Å². The van der Waals surface area contributed by atoms with Crippen molar-refractivity contribution in [3.63, 3.8) is 0 Å². The number of aromatic nitrogens is 2. The molecule has 0 atom stereocenters. The molecule has 0 saturated heterocycles. The number of hydrogen-bond donors (Lipinski definition) is 2. The van der Waals surface area contributed by atoms with E-state index in [4.69, 9.17) is 5.73 Å². The summed E-state index contributed by atoms with van der Waals surface area (Å²) in [5, 5.41) is 3.08. The second-order valence-electron chi connectivity index (χ2n) is 3.59. The van der Waals surface area contributed by atoms with Crippen LogP contribution in [0.25, 0.3) is 0 Å². The first-order valence-corrected chi connectivity index (χ1v) is 6.38. The van der Waals surface area contributed by atoms with Crippen LogP contribution >= 0.6 is 11.8 Å². The van der Waals surface area contributed by atoms with Crippen LogP contribution in [0.4, 0.5) is 15.9 Å². The van der Waals surface area contributed by atoms with Gasteiger partial charge in [0, 0.05) is 18.1 Å². The topological polar surface area (TPSA) is 80.9 Å². The zero-order valence-electron chi connectivity index (χ0n) is 9.84. The molecular formula is C12H11FN4OS. The molecule has 0 fully saturated rings. The van der Waals surface area contributed by atoms with Gasteiger partial charge in [0.15, 0.2) is 5.82 Å². The fourth-order valence-electron chi connectivity index (χ4n) is 1.34. The number of rotatable bonds is 4. The minimum Gasteiger partial charge on any atom is -0.381 e. The summed E-state index contributed by atoms with van der Waals surface area (Å²) in [6, 6.07) is 5.70. The van der Waals surface area contributed by atoms with Gasteiger partial charge >= 0.3 is 0 Å². The Morgan fingerprint density at radius 2 is 2.16 bits per heavy atom. The molecule has 0 spiro atoms. The van der Waals surface area contributed by atoms with Gasteiger partial charge in [-0.2, -0.15) is 0 Å². The van der Waals surface area contributed by atoms with E-state index in [-0.39, 0.29) is 17.5 Å². The number of benzene rings is 1. The maximum Gasteiger partial charge on any atom is 0.234 e. The van der Waals surface area contributed by atoms with Gasteiger partial charge in [-0.1, -0.05) is 17.8 Å². The van der Waals surface area contributed by atoms with Crippen molar-refractivity contribution in [2.75, 3.05) is 16.8 Å². The number of nitrogen functional groups attached to an aromatic ring is 1. The average molecular weight is 278 g/mol. The van der Waals surface area contributed by atoms with Crippen LogP contribution in [0.15, 0.2) is 41.7 Å². The molecule has 3 N–H and O–H groups in total. The van der Waals surface area contributed by atoms with Crippen molar-refractivity contribution in [2.24, 2.45) is 0 Å². The Bertz CT molecular complexity index is 593. The van der Waals surface area contributed by atoms with Gasteiger partial charge in [0.05, 0.1) is 5.75 Å². The molecule has 0 radical (unpaired) electrons. The summed E-state index contributed by atoms with van der Waals surface area (Å²) in [5.41, 5.74) is 6.02. The maximum absolute atomic E-state index is 12.9. The summed E-state index contributed by atoms with van der Waals surface area (Å²) in [4.78, 5) is 19.5. The lowest BCUT2D eigenvalue weighted by molar-refractivity contribution is -0.113. The average Bonchev–Trinajstić information content (AvgIpc) is 2.38. The zero-order chi connectivity index (χ0) is 13.7. The molecule has 0 saturated carbocycles. The predicted octanol–water partition coefficient (Wildman–Crippen LogP) is 1.93. The van der Waals surface area contributed by atoms with E-state index in [0.29, 0.717) is 10.7 Å². The van der Waals surface area contributed by atoms with E-state index in [1.807, 2.05) is 0 Å². The van der Waals surface area contributed by atoms with Crippen LogP contribution in [0.3, 0.4) is 0 Å². The number of thioether (sulfide) groups is 1. The van der Waals surface area contributed by atoms with E-state index < -0.39 is 5.82 Å². The molecule has 0 unspecified atom stereocenters. The quantitative estimate of drug-likeness (QED) is 0.835. The molecule has 0 bridgehead atoms. The summed E-state index contributed by atoms with van der Waals surface area (Å²) in [5.74, 6) is -0.255. The number of carbonyl (C=O) groups is 1. The van der Waals surface area contributed by atoms with Crippen LogP contribution in [-0.2, 0) is 4.79 Å². The highest BCUT2D eigenvalue weighted by Gasteiger charge is 2.07. The van der Waals surface area contributed by atoms with Crippen molar-refractivity contribution in [1.82, 2.24) is 9.97 Å². The molecule has 19 heavy (non-hydrogen) atoms. The fraction of sp³-hybridized carbons (Fsp3) is 0.0833. The van der Waals surface area contributed by atoms with Gasteiger partial charge < -0.3 is 11.1 Å². The molecule has 2 rings (SSSR count). The Morgan fingerprint density at radius 3 is 2.89 bits per heavy atom. The van der Waals surface area contributed by atoms with Gasteiger partial charge in [-0.3, -0.25) is 4.79 Å². The van der Waals surface area contributed by atoms with Crippen molar-refractivity contribution in [3.05, 3.63) is 42.5 Å². The van der Waals surface area contributed by atoms with E-state index in [9.17, 15) is 9.18 Å². The molecule has 5 nitrogen and oxygen atoms in total. The summed E-state index contributed by atoms with van der Waals surface area (Å²) >= 11 is 1.17. The van der Waals surface area contributed by atoms with E-state index in [1.165, 1.54) is 42.4 Å². The second-order valence-corrected chi connectivity index (χ2v) is 4.56. The fourth-order valence-corrected chi connectivity index (χ4v) is 2.02. The zero-order valence-corrected chi connectivity index (χ0v) is 10.7. The highest BCUT2D eigenvalue weighted by atomic mass is 32.2. The first kappa shape index (κ1) is 13.3. The lowest BCUT2D eigenvalue weighted by Gasteiger charge is -2.05. The van der Waals surface area contributed by atoms with Crippen molar-refractivity contribution in [1.29, 1.82) is 0 Å². The van der Waals surface area contributed by atoms with Crippen molar-refractivity contribution in [3.8, 4) is 0 Å². The number of carbonyl (C=O) groups excluding carboxylic acids is 1. The number of halogens is 1. The molecule has 0 aliphatic rings. The van der Waals surface area contributed by atoms with Crippen LogP contribution in [0.1, 0.15) is 0 Å². The Hall–Kier alpha value is -2.15. The number of hydrogen-bond acceptors (Lipinski definition) is 5. The first-order valence-electron chi connectivity index (χ1n) is 5.40. The molecule has 1 aromatic heterocycles. The van der Waals surface area contributed by atoms with Gasteiger partial charge in [0.25, 0.3) is 0 Å². The smallest absolute Gasteiger partial charge is 0.234 e. The number of nitrogens with one attached hydrogen (secondary N) is 1. The number of nitrogens with zero attached hydrogens (tertiary/aromatic N) is 2. The predicted molar refractivity (Wildman–Crippen MR) is 72.2 cm³/mol. The van der Waals surface area contributed by atoms with Gasteiger partial charge in [-0.05, 0) is 18.2 Å². The minimum absolute atomic E-state index is 0.124. The van der Waals surface area contributed by atoms with Gasteiger partial charge in [-0.25, -0.2) is 14.4 Å². The standard InChI is InChI=1S/C12H11FN4OS/c13-8-2-1-3-9(6-8)17-10(18)7-19-12-11(14)15-4-5-16-12/h1-6H,7H2,(H2,14,15)(H,17,18). The van der Waals surface area contributed by atoms with Gasteiger partial charge in [0.2, 0.25) is 5.91 Å². The third-order valence-electron chi connectivity index (χ3n) is 2.14. The Labute approximate surface area is 113 Å². The maximum atomic E-state index is 12.9. The highest BCUT2D eigenvalue weighted by molar-refractivity contribution is 8.00. The molecule has 1 aromatic carbocycles. The summed E-state index contributed by atoms with van der Waals surface area (Å²) in [6.07, 6.45) is 2.98. The molecule has 1 heterocycles. The van der Waals surface area contributed by atoms with Crippen molar-refractivity contribution >= 4 is 29.2 Å². The largest absolute Gasteiger partial charge is 0.381 e. The molecule has 98 valence electrons. The molecule has 7 heteroatoms. The molecule has 0 aliphatic carbocycles. The van der Waals surface area contributed by atoms with Crippen molar-refractivity contribution in [2.45, 2.75) is 5.03 Å². The highest BCUT2D eigenvalue weighted by Crippen LogP contribution is 2.19. The summed E-state index contributed by atoms with van der Waals surface area (Å²) < 4.78 is 12.9. The first-order chi connectivity index (χ1) is 9.15. The van der Waals surface area contributed by atoms with E-state index in [1.54, 1.807) is 6.07 Å². The minimum atomic E-state index is -0.399. The third-order valence-corrected chi connectivity index (χ3v) is 3.13. The van der Waals surface area contributed by atoms with Crippen LogP contribution in [0.5, 0.6) is 0 Å². The lowest BCUT2D eigenvalue weighted by atomic mass is 10.3. The summed E-state index contributed by atoms with van der Waals surface area (Å²) in [7, 11) is 0. The van der Waals surface area contributed by atoms with Crippen LogP contribution in [-0.4, -0.2) is 21.6 Å². The monoisotopic (exact) mass is 278 g/mol. The van der Waals surface area contributed by atoms with Crippen molar-refractivity contribution < 1.29 is 9.18 Å². The van der Waals surface area contributed by atoms with E-state index >= 15 is 0 Å². The molecule has 2 aromatic rings. The third kappa shape index (κ3) is 3.92. The van der Waals surface area contributed by atoms with Crippen LogP contribution in [0, 0.1) is 5.82 Å². The van der Waals surface area contributed by atoms with Crippen LogP contribution < -0.4 is 11.1 Å². The lowest BCUT2D eigenvalue weighted by Crippen LogP contribution is -2.14.